The molecule has 0 unspecified atom stereocenters. The molecule has 150 valence electrons. The van der Waals surface area contributed by atoms with Gasteiger partial charge in [-0.05, 0) is 45.9 Å². The number of hydrogen-bond donors (Lipinski definition) is 1. The molecule has 0 fully saturated rings. The van der Waals surface area contributed by atoms with Gasteiger partial charge in [-0.2, -0.15) is 0 Å². The lowest BCUT2D eigenvalue weighted by Crippen LogP contribution is -2.37. The van der Waals surface area contributed by atoms with Crippen molar-refractivity contribution in [2.24, 2.45) is 4.99 Å². The van der Waals surface area contributed by atoms with E-state index < -0.39 is 17.7 Å². The first kappa shape index (κ1) is 21.6. The molecule has 1 N–H and O–H groups in total. The van der Waals surface area contributed by atoms with E-state index in [0.29, 0.717) is 21.7 Å². The van der Waals surface area contributed by atoms with Gasteiger partial charge in [0.15, 0.2) is 0 Å². The number of carbonyl (C=O) groups excluding carboxylic acids is 1. The maximum Gasteiger partial charge on any atom is 0.408 e. The first-order valence-electron chi connectivity index (χ1n) is 8.90. The molecule has 28 heavy (non-hydrogen) atoms. The predicted octanol–water partition coefficient (Wildman–Crippen LogP) is 3.89. The van der Waals surface area contributed by atoms with Crippen LogP contribution in [0.2, 0.25) is 5.02 Å². The van der Waals surface area contributed by atoms with Gasteiger partial charge in [0.2, 0.25) is 0 Å². The van der Waals surface area contributed by atoms with E-state index in [1.54, 1.807) is 71.3 Å². The molecule has 1 aromatic carbocycles. The number of benzene rings is 1. The van der Waals surface area contributed by atoms with Crippen LogP contribution in [0.1, 0.15) is 39.6 Å². The first-order valence-corrected chi connectivity index (χ1v) is 9.27. The van der Waals surface area contributed by atoms with Crippen molar-refractivity contribution in [1.29, 1.82) is 0 Å². The lowest BCUT2D eigenvalue weighted by molar-refractivity contribution is 0.0505. The van der Waals surface area contributed by atoms with Gasteiger partial charge in [-0.3, -0.25) is 14.4 Å². The largest absolute Gasteiger partial charge is 0.444 e. The van der Waals surface area contributed by atoms with Gasteiger partial charge in [0, 0.05) is 19.8 Å². The summed E-state index contributed by atoms with van der Waals surface area (Å²) in [5.74, 6) is 0.406. The number of ether oxygens (including phenoxy) is 1. The summed E-state index contributed by atoms with van der Waals surface area (Å²) in [6.07, 6.45) is 4.55. The second-order valence-electron chi connectivity index (χ2n) is 7.22. The van der Waals surface area contributed by atoms with Crippen LogP contribution in [-0.4, -0.2) is 34.5 Å². The van der Waals surface area contributed by atoms with E-state index in [1.807, 2.05) is 0 Å². The number of fused-ring (bicyclic) bond motifs is 1. The smallest absolute Gasteiger partial charge is 0.408 e. The zero-order chi connectivity index (χ0) is 20.9. The Balaban J connectivity index is 2.49. The quantitative estimate of drug-likeness (QED) is 0.766. The third-order valence-corrected chi connectivity index (χ3v) is 4.06. The van der Waals surface area contributed by atoms with E-state index in [4.69, 9.17) is 16.3 Å². The van der Waals surface area contributed by atoms with Crippen molar-refractivity contribution < 1.29 is 9.53 Å². The molecule has 2 rings (SSSR count). The molecule has 0 bridgehead atoms. The Bertz CT molecular complexity index is 974. The number of hydrogen-bond acceptors (Lipinski definition) is 5. The summed E-state index contributed by atoms with van der Waals surface area (Å²) in [6.45, 7) is 7.35. The average Bonchev–Trinajstić information content (AvgIpc) is 2.58. The van der Waals surface area contributed by atoms with E-state index in [9.17, 15) is 9.59 Å². The van der Waals surface area contributed by atoms with Crippen LogP contribution in [0.5, 0.6) is 0 Å². The molecule has 8 heteroatoms. The van der Waals surface area contributed by atoms with Crippen LogP contribution in [0.4, 0.5) is 4.79 Å². The maximum absolute atomic E-state index is 13.1. The summed E-state index contributed by atoms with van der Waals surface area (Å²) in [5.41, 5.74) is -0.432. The second kappa shape index (κ2) is 9.01. The predicted molar refractivity (Wildman–Crippen MR) is 112 cm³/mol. The van der Waals surface area contributed by atoms with E-state index in [0.717, 1.165) is 0 Å². The second-order valence-corrected chi connectivity index (χ2v) is 7.63. The third kappa shape index (κ3) is 5.42. The summed E-state index contributed by atoms with van der Waals surface area (Å²) >= 11 is 6.22. The van der Waals surface area contributed by atoms with Gasteiger partial charge >= 0.3 is 6.09 Å². The van der Waals surface area contributed by atoms with Crippen molar-refractivity contribution in [1.82, 2.24) is 14.9 Å². The van der Waals surface area contributed by atoms with Gasteiger partial charge < -0.3 is 10.1 Å². The molecule has 1 atom stereocenters. The Kier molecular flexibility index (Phi) is 6.96. The molecule has 0 radical (unpaired) electrons. The Labute approximate surface area is 169 Å². The summed E-state index contributed by atoms with van der Waals surface area (Å²) in [6, 6.07) is 4.54. The Hall–Kier alpha value is -2.67. The molecule has 0 aliphatic carbocycles. The van der Waals surface area contributed by atoms with Crippen LogP contribution in [0.3, 0.4) is 0 Å². The van der Waals surface area contributed by atoms with E-state index in [2.05, 4.69) is 15.3 Å². The van der Waals surface area contributed by atoms with Gasteiger partial charge in [-0.15, -0.1) is 0 Å². The number of allylic oxidation sites excluding steroid dienone is 2. The Morgan fingerprint density at radius 2 is 2.14 bits per heavy atom. The minimum absolute atomic E-state index is 0.259. The highest BCUT2D eigenvalue weighted by Crippen LogP contribution is 2.21. The SMILES string of the molecule is CN=C/C=C\Cn1c([C@H](C)NC(=O)OC(C)(C)C)nc2cccc(Cl)c2c1=O. The molecule has 0 aliphatic heterocycles. The van der Waals surface area contributed by atoms with E-state index >= 15 is 0 Å². The van der Waals surface area contributed by atoms with Gasteiger partial charge in [0.1, 0.15) is 11.4 Å². The number of amides is 1. The van der Waals surface area contributed by atoms with Gasteiger partial charge in [-0.1, -0.05) is 23.7 Å². The van der Waals surface area contributed by atoms with Crippen molar-refractivity contribution in [3.63, 3.8) is 0 Å². The van der Waals surface area contributed by atoms with Gasteiger partial charge in [0.25, 0.3) is 5.56 Å². The number of rotatable bonds is 5. The van der Waals surface area contributed by atoms with Crippen molar-refractivity contribution in [2.75, 3.05) is 7.05 Å². The highest BCUT2D eigenvalue weighted by molar-refractivity contribution is 6.35. The van der Waals surface area contributed by atoms with Gasteiger partial charge in [-0.25, -0.2) is 9.78 Å². The maximum atomic E-state index is 13.1. The van der Waals surface area contributed by atoms with Crippen molar-refractivity contribution >= 4 is 34.8 Å². The topological polar surface area (TPSA) is 85.6 Å². The summed E-state index contributed by atoms with van der Waals surface area (Å²) in [5, 5.41) is 3.41. The fourth-order valence-electron chi connectivity index (χ4n) is 2.61. The summed E-state index contributed by atoms with van der Waals surface area (Å²) in [7, 11) is 1.66. The number of aromatic nitrogens is 2. The molecular weight excluding hydrogens is 380 g/mol. The summed E-state index contributed by atoms with van der Waals surface area (Å²) in [4.78, 5) is 33.7. The van der Waals surface area contributed by atoms with Crippen LogP contribution < -0.4 is 10.9 Å². The normalized spacial score (nSPS) is 13.4. The molecule has 1 amide bonds. The standard InChI is InChI=1S/C20H25ClN4O3/c1-13(23-19(27)28-20(2,3)4)17-24-15-10-8-9-14(21)16(15)18(26)25(17)12-7-6-11-22-5/h6-11,13H,12H2,1-5H3,(H,23,27)/b7-6-,22-11?/t13-/m0/s1. The van der Waals surface area contributed by atoms with Crippen molar-refractivity contribution in [3.05, 3.63) is 51.6 Å². The monoisotopic (exact) mass is 404 g/mol. The number of nitrogens with zero attached hydrogens (tertiary/aromatic N) is 3. The van der Waals surface area contributed by atoms with E-state index in [-0.39, 0.29) is 12.1 Å². The molecule has 2 aromatic rings. The Morgan fingerprint density at radius 3 is 2.79 bits per heavy atom. The third-order valence-electron chi connectivity index (χ3n) is 3.74. The van der Waals surface area contributed by atoms with Gasteiger partial charge in [0.05, 0.1) is 22.0 Å². The fourth-order valence-corrected chi connectivity index (χ4v) is 2.86. The van der Waals surface area contributed by atoms with Crippen molar-refractivity contribution in [3.8, 4) is 0 Å². The minimum atomic E-state index is -0.629. The van der Waals surface area contributed by atoms with Crippen LogP contribution >= 0.6 is 11.6 Å². The first-order chi connectivity index (χ1) is 13.1. The number of carbonyl (C=O) groups is 1. The van der Waals surface area contributed by atoms with Crippen LogP contribution in [0.15, 0.2) is 40.1 Å². The highest BCUT2D eigenvalue weighted by atomic mass is 35.5. The zero-order valence-corrected chi connectivity index (χ0v) is 17.4. The molecule has 7 nitrogen and oxygen atoms in total. The minimum Gasteiger partial charge on any atom is -0.444 e. The molecule has 0 aliphatic rings. The summed E-state index contributed by atoms with van der Waals surface area (Å²) < 4.78 is 6.78. The van der Waals surface area contributed by atoms with Crippen LogP contribution in [-0.2, 0) is 11.3 Å². The molecule has 0 saturated carbocycles. The number of alkyl carbamates (subject to hydrolysis) is 1. The molecule has 0 saturated heterocycles. The average molecular weight is 405 g/mol. The molecule has 1 heterocycles. The lowest BCUT2D eigenvalue weighted by Gasteiger charge is -2.23. The number of halogens is 1. The molecule has 0 spiro atoms. The van der Waals surface area contributed by atoms with E-state index in [1.165, 1.54) is 4.57 Å². The Morgan fingerprint density at radius 1 is 1.43 bits per heavy atom. The van der Waals surface area contributed by atoms with Crippen LogP contribution in [0.25, 0.3) is 10.9 Å². The van der Waals surface area contributed by atoms with Crippen LogP contribution in [0, 0.1) is 0 Å². The zero-order valence-electron chi connectivity index (χ0n) is 16.7. The molecule has 1 aromatic heterocycles. The number of nitrogens with one attached hydrogen (secondary N) is 1. The van der Waals surface area contributed by atoms with Crippen molar-refractivity contribution in [2.45, 2.75) is 45.9 Å². The highest BCUT2D eigenvalue weighted by Gasteiger charge is 2.22. The number of aliphatic imine (C=N–C) groups is 1. The lowest BCUT2D eigenvalue weighted by atomic mass is 10.2. The fraction of sp³-hybridized carbons (Fsp3) is 0.400. The molecular formula is C20H25ClN4O3.